The molecule has 0 unspecified atom stereocenters. The lowest BCUT2D eigenvalue weighted by molar-refractivity contribution is -0.214. The molecular formula is C22H22ClFN4O4. The van der Waals surface area contributed by atoms with E-state index in [9.17, 15) is 4.39 Å². The largest absolute Gasteiger partial charge is 0.383 e. The van der Waals surface area contributed by atoms with Crippen LogP contribution in [0.25, 0.3) is 11.0 Å². The Hall–Kier alpha value is -2.30. The number of anilines is 1. The maximum Gasteiger partial charge on any atom is 0.164 e. The summed E-state index contributed by atoms with van der Waals surface area (Å²) in [4.78, 5) is 8.44. The number of nitrogens with two attached hydrogens (primary N) is 1. The SMILES string of the molecule is CC1(C)O[C@H]2[C@@H](O1)[C@H](n1ccc3c(N)ncnc31)O[C@@H]2[C@@H]1OC[C@H](F)c2cc(Cl)ccc21. The average Bonchev–Trinajstić information content (AvgIpc) is 3.40. The Morgan fingerprint density at radius 1 is 1.12 bits per heavy atom. The third-order valence-electron chi connectivity index (χ3n) is 6.29. The van der Waals surface area contributed by atoms with Gasteiger partial charge in [0.15, 0.2) is 12.0 Å². The number of fused-ring (bicyclic) bond motifs is 3. The van der Waals surface area contributed by atoms with Gasteiger partial charge in [0.25, 0.3) is 0 Å². The summed E-state index contributed by atoms with van der Waals surface area (Å²) in [5.41, 5.74) is 7.87. The zero-order valence-electron chi connectivity index (χ0n) is 17.4. The third kappa shape index (κ3) is 3.03. The molecular weight excluding hydrogens is 439 g/mol. The van der Waals surface area contributed by atoms with Crippen LogP contribution in [0.3, 0.4) is 0 Å². The first-order chi connectivity index (χ1) is 15.3. The second-order valence-electron chi connectivity index (χ2n) is 8.77. The minimum absolute atomic E-state index is 0.0830. The van der Waals surface area contributed by atoms with Crippen LogP contribution >= 0.6 is 11.6 Å². The van der Waals surface area contributed by atoms with Gasteiger partial charge in [-0.2, -0.15) is 0 Å². The Morgan fingerprint density at radius 3 is 2.78 bits per heavy atom. The first kappa shape index (κ1) is 20.3. The maximum absolute atomic E-state index is 14.6. The maximum atomic E-state index is 14.6. The number of benzene rings is 1. The Balaban J connectivity index is 1.42. The molecule has 5 heterocycles. The van der Waals surface area contributed by atoms with E-state index in [0.29, 0.717) is 27.6 Å². The molecule has 2 saturated heterocycles. The van der Waals surface area contributed by atoms with Crippen molar-refractivity contribution in [3.63, 3.8) is 0 Å². The van der Waals surface area contributed by atoms with E-state index in [2.05, 4.69) is 9.97 Å². The second kappa shape index (κ2) is 7.10. The van der Waals surface area contributed by atoms with Crippen LogP contribution in [0.1, 0.15) is 43.5 Å². The number of aromatic nitrogens is 3. The van der Waals surface area contributed by atoms with Gasteiger partial charge in [-0.05, 0) is 43.2 Å². The Labute approximate surface area is 188 Å². The number of rotatable bonds is 2. The van der Waals surface area contributed by atoms with Crippen molar-refractivity contribution in [2.24, 2.45) is 0 Å². The van der Waals surface area contributed by atoms with Crippen LogP contribution in [0.15, 0.2) is 36.8 Å². The highest BCUT2D eigenvalue weighted by atomic mass is 35.5. The van der Waals surface area contributed by atoms with Crippen molar-refractivity contribution in [2.45, 2.75) is 56.5 Å². The molecule has 0 radical (unpaired) electrons. The van der Waals surface area contributed by atoms with Gasteiger partial charge in [0.05, 0.1) is 12.0 Å². The molecule has 32 heavy (non-hydrogen) atoms. The molecule has 2 aromatic heterocycles. The Morgan fingerprint density at radius 2 is 1.94 bits per heavy atom. The van der Waals surface area contributed by atoms with Crippen molar-refractivity contribution in [3.05, 3.63) is 52.9 Å². The van der Waals surface area contributed by atoms with Crippen LogP contribution in [0.4, 0.5) is 10.2 Å². The molecule has 8 nitrogen and oxygen atoms in total. The molecule has 0 saturated carbocycles. The first-order valence-corrected chi connectivity index (χ1v) is 10.8. The molecule has 1 aromatic carbocycles. The molecule has 0 spiro atoms. The van der Waals surface area contributed by atoms with Crippen molar-refractivity contribution in [1.29, 1.82) is 0 Å². The summed E-state index contributed by atoms with van der Waals surface area (Å²) in [5, 5.41) is 1.20. The van der Waals surface area contributed by atoms with E-state index in [4.69, 9.17) is 36.3 Å². The molecule has 6 rings (SSSR count). The molecule has 2 N–H and O–H groups in total. The van der Waals surface area contributed by atoms with E-state index < -0.39 is 42.6 Å². The number of nitrogens with zero attached hydrogens (tertiary/aromatic N) is 3. The topological polar surface area (TPSA) is 93.7 Å². The van der Waals surface area contributed by atoms with Crippen molar-refractivity contribution >= 4 is 28.5 Å². The number of halogens is 2. The number of ether oxygens (including phenoxy) is 4. The highest BCUT2D eigenvalue weighted by Gasteiger charge is 2.59. The van der Waals surface area contributed by atoms with Gasteiger partial charge in [-0.3, -0.25) is 0 Å². The highest BCUT2D eigenvalue weighted by molar-refractivity contribution is 6.30. The summed E-state index contributed by atoms with van der Waals surface area (Å²) in [6.07, 6.45) is -0.456. The summed E-state index contributed by atoms with van der Waals surface area (Å²) >= 11 is 6.13. The molecule has 0 bridgehead atoms. The van der Waals surface area contributed by atoms with E-state index in [1.165, 1.54) is 6.33 Å². The molecule has 3 aliphatic rings. The molecule has 2 fully saturated rings. The summed E-state index contributed by atoms with van der Waals surface area (Å²) < 4.78 is 41.4. The van der Waals surface area contributed by atoms with Crippen molar-refractivity contribution in [3.8, 4) is 0 Å². The lowest BCUT2D eigenvalue weighted by Gasteiger charge is -2.34. The quantitative estimate of drug-likeness (QED) is 0.620. The van der Waals surface area contributed by atoms with Gasteiger partial charge in [0.2, 0.25) is 0 Å². The number of hydrogen-bond donors (Lipinski definition) is 1. The molecule has 0 amide bonds. The zero-order chi connectivity index (χ0) is 22.2. The Kier molecular flexibility index (Phi) is 4.51. The second-order valence-corrected chi connectivity index (χ2v) is 9.21. The molecule has 10 heteroatoms. The van der Waals surface area contributed by atoms with Crippen LogP contribution in [0, 0.1) is 0 Å². The van der Waals surface area contributed by atoms with Crippen LogP contribution in [-0.2, 0) is 18.9 Å². The highest BCUT2D eigenvalue weighted by Crippen LogP contribution is 2.50. The smallest absolute Gasteiger partial charge is 0.164 e. The Bertz CT molecular complexity index is 1200. The van der Waals surface area contributed by atoms with E-state index >= 15 is 0 Å². The lowest BCUT2D eigenvalue weighted by atomic mass is 9.91. The van der Waals surface area contributed by atoms with Crippen molar-refractivity contribution in [1.82, 2.24) is 14.5 Å². The number of nitrogen functional groups attached to an aromatic ring is 1. The predicted octanol–water partition coefficient (Wildman–Crippen LogP) is 3.87. The predicted molar refractivity (Wildman–Crippen MR) is 114 cm³/mol. The van der Waals surface area contributed by atoms with Gasteiger partial charge in [0, 0.05) is 11.2 Å². The molecule has 168 valence electrons. The van der Waals surface area contributed by atoms with E-state index in [0.717, 1.165) is 5.39 Å². The fraction of sp³-hybridized carbons (Fsp3) is 0.455. The van der Waals surface area contributed by atoms with Gasteiger partial charge in [-0.1, -0.05) is 17.7 Å². The van der Waals surface area contributed by atoms with Gasteiger partial charge >= 0.3 is 0 Å². The number of hydrogen-bond acceptors (Lipinski definition) is 7. The minimum atomic E-state index is -1.25. The standard InChI is InChI=1S/C22H22ClFN4O4/c1-22(2)31-17-16(15-11-4-3-10(23)7-13(11)14(24)8-29-15)30-21(18(17)32-22)28-6-5-12-19(25)26-9-27-20(12)28/h3-7,9,14-18,21H,8H2,1-2H3,(H2,25,26,27)/t14-,15+,16+,17+,18+,21+/m0/s1. The van der Waals surface area contributed by atoms with Crippen LogP contribution in [0.2, 0.25) is 5.02 Å². The minimum Gasteiger partial charge on any atom is -0.383 e. The fourth-order valence-corrected chi connectivity index (χ4v) is 5.17. The van der Waals surface area contributed by atoms with Crippen molar-refractivity contribution < 1.29 is 23.3 Å². The van der Waals surface area contributed by atoms with Crippen LogP contribution < -0.4 is 5.73 Å². The van der Waals surface area contributed by atoms with Gasteiger partial charge in [0.1, 0.15) is 48.4 Å². The zero-order valence-corrected chi connectivity index (χ0v) is 18.2. The summed E-state index contributed by atoms with van der Waals surface area (Å²) in [7, 11) is 0. The van der Waals surface area contributed by atoms with Gasteiger partial charge in [-0.15, -0.1) is 0 Å². The number of alkyl halides is 1. The monoisotopic (exact) mass is 460 g/mol. The van der Waals surface area contributed by atoms with Gasteiger partial charge < -0.3 is 29.2 Å². The normalized spacial score (nSPS) is 33.4. The van der Waals surface area contributed by atoms with E-state index in [1.54, 1.807) is 18.2 Å². The van der Waals surface area contributed by atoms with Crippen LogP contribution in [-0.4, -0.2) is 45.2 Å². The summed E-state index contributed by atoms with van der Waals surface area (Å²) in [5.74, 6) is -0.425. The lowest BCUT2D eigenvalue weighted by Crippen LogP contribution is -2.37. The molecule has 0 aliphatic carbocycles. The molecule has 3 aliphatic heterocycles. The van der Waals surface area contributed by atoms with E-state index in [-0.39, 0.29) is 6.61 Å². The fourth-order valence-electron chi connectivity index (χ4n) is 4.99. The summed E-state index contributed by atoms with van der Waals surface area (Å²) in [6, 6.07) is 7.02. The average molecular weight is 461 g/mol. The third-order valence-corrected chi connectivity index (χ3v) is 6.53. The van der Waals surface area contributed by atoms with E-state index in [1.807, 2.05) is 30.7 Å². The van der Waals surface area contributed by atoms with Gasteiger partial charge in [-0.25, -0.2) is 14.4 Å². The first-order valence-electron chi connectivity index (χ1n) is 10.5. The summed E-state index contributed by atoms with van der Waals surface area (Å²) in [6.45, 7) is 3.64. The molecule has 6 atom stereocenters. The molecule has 3 aromatic rings. The van der Waals surface area contributed by atoms with Crippen LogP contribution in [0.5, 0.6) is 0 Å². The van der Waals surface area contributed by atoms with Crippen molar-refractivity contribution in [2.75, 3.05) is 12.3 Å².